The minimum atomic E-state index is -1.11. The van der Waals surface area contributed by atoms with Crippen LogP contribution in [0.15, 0.2) is 54.6 Å². The van der Waals surface area contributed by atoms with Crippen molar-refractivity contribution in [2.75, 3.05) is 7.11 Å². The Morgan fingerprint density at radius 1 is 0.960 bits per heavy atom. The second kappa shape index (κ2) is 8.24. The molecule has 0 spiro atoms. The van der Waals surface area contributed by atoms with Crippen LogP contribution < -0.4 is 5.32 Å². The van der Waals surface area contributed by atoms with Crippen LogP contribution in [-0.4, -0.2) is 24.8 Å². The van der Waals surface area contributed by atoms with E-state index in [0.717, 1.165) is 5.56 Å². The molecule has 0 aliphatic rings. The molecule has 0 bridgehead atoms. The Bertz CT molecular complexity index is 753. The largest absolute Gasteiger partial charge is 0.468 e. The maximum absolute atomic E-state index is 12.6. The van der Waals surface area contributed by atoms with Crippen molar-refractivity contribution in [2.45, 2.75) is 19.9 Å². The second-order valence-electron chi connectivity index (χ2n) is 5.84. The van der Waals surface area contributed by atoms with E-state index in [0.29, 0.717) is 11.1 Å². The van der Waals surface area contributed by atoms with Crippen molar-refractivity contribution < 1.29 is 19.1 Å². The van der Waals surface area contributed by atoms with E-state index in [4.69, 9.17) is 4.74 Å². The highest BCUT2D eigenvalue weighted by Crippen LogP contribution is 2.25. The molecule has 2 rings (SSSR count). The summed E-state index contributed by atoms with van der Waals surface area (Å²) < 4.78 is 4.78. The highest BCUT2D eigenvalue weighted by atomic mass is 16.5. The Balaban J connectivity index is 2.40. The fraction of sp³-hybridized carbons (Fsp3) is 0.250. The molecule has 0 fully saturated rings. The van der Waals surface area contributed by atoms with Gasteiger partial charge in [-0.15, -0.1) is 0 Å². The monoisotopic (exact) mass is 339 g/mol. The zero-order valence-corrected chi connectivity index (χ0v) is 14.5. The summed E-state index contributed by atoms with van der Waals surface area (Å²) in [5.41, 5.74) is 2.15. The quantitative estimate of drug-likeness (QED) is 0.649. The maximum Gasteiger partial charge on any atom is 0.318 e. The van der Waals surface area contributed by atoms with Crippen LogP contribution >= 0.6 is 0 Å². The molecule has 1 N–H and O–H groups in total. The predicted molar refractivity (Wildman–Crippen MR) is 94.0 cm³/mol. The lowest BCUT2D eigenvalue weighted by Crippen LogP contribution is -2.40. The van der Waals surface area contributed by atoms with Crippen molar-refractivity contribution >= 4 is 17.7 Å². The van der Waals surface area contributed by atoms with Gasteiger partial charge < -0.3 is 10.1 Å². The van der Waals surface area contributed by atoms with Crippen molar-refractivity contribution in [3.8, 4) is 0 Å². The molecule has 5 nitrogen and oxygen atoms in total. The van der Waals surface area contributed by atoms with Crippen molar-refractivity contribution in [3.05, 3.63) is 71.3 Å². The van der Waals surface area contributed by atoms with Crippen LogP contribution in [0, 0.1) is 12.8 Å². The number of methoxy groups -OCH3 is 1. The fourth-order valence-corrected chi connectivity index (χ4v) is 2.61. The molecule has 0 aliphatic heterocycles. The minimum absolute atomic E-state index is 0.360. The molecule has 2 atom stereocenters. The number of amides is 1. The van der Waals surface area contributed by atoms with Gasteiger partial charge in [-0.2, -0.15) is 0 Å². The van der Waals surface area contributed by atoms with Crippen LogP contribution in [0.2, 0.25) is 0 Å². The SMILES string of the molecule is COC(=O)C(C(C)=O)C(NC(=O)c1ccccc1)c1ccc(C)cc1. The van der Waals surface area contributed by atoms with Gasteiger partial charge >= 0.3 is 5.97 Å². The Kier molecular flexibility index (Phi) is 6.06. The van der Waals surface area contributed by atoms with Crippen LogP contribution in [0.1, 0.15) is 34.5 Å². The van der Waals surface area contributed by atoms with Gasteiger partial charge in [0.25, 0.3) is 5.91 Å². The maximum atomic E-state index is 12.6. The summed E-state index contributed by atoms with van der Waals surface area (Å²) in [4.78, 5) is 36.8. The average molecular weight is 339 g/mol. The molecule has 0 saturated heterocycles. The Morgan fingerprint density at radius 2 is 1.56 bits per heavy atom. The molecule has 130 valence electrons. The predicted octanol–water partition coefficient (Wildman–Crippen LogP) is 2.84. The van der Waals surface area contributed by atoms with E-state index in [1.807, 2.05) is 19.1 Å². The molecule has 0 saturated carbocycles. The van der Waals surface area contributed by atoms with Gasteiger partial charge in [-0.05, 0) is 31.5 Å². The van der Waals surface area contributed by atoms with Crippen molar-refractivity contribution in [2.24, 2.45) is 5.92 Å². The average Bonchev–Trinajstić information content (AvgIpc) is 2.62. The van der Waals surface area contributed by atoms with E-state index >= 15 is 0 Å². The molecule has 2 aromatic rings. The Morgan fingerprint density at radius 3 is 2.08 bits per heavy atom. The Hall–Kier alpha value is -2.95. The fourth-order valence-electron chi connectivity index (χ4n) is 2.61. The van der Waals surface area contributed by atoms with Crippen LogP contribution in [0.5, 0.6) is 0 Å². The number of hydrogen-bond donors (Lipinski definition) is 1. The minimum Gasteiger partial charge on any atom is -0.468 e. The van der Waals surface area contributed by atoms with E-state index < -0.39 is 17.9 Å². The summed E-state index contributed by atoms with van der Waals surface area (Å²) in [5.74, 6) is -2.51. The van der Waals surface area contributed by atoms with Crippen LogP contribution in [0.25, 0.3) is 0 Å². The third-order valence-electron chi connectivity index (χ3n) is 3.99. The third kappa shape index (κ3) is 4.53. The molecule has 0 radical (unpaired) electrons. The number of carbonyl (C=O) groups is 3. The molecule has 0 heterocycles. The standard InChI is InChI=1S/C20H21NO4/c1-13-9-11-15(12-10-13)18(17(14(2)22)20(24)25-3)21-19(23)16-7-5-4-6-8-16/h4-12,17-18H,1-3H3,(H,21,23). The first-order valence-corrected chi connectivity index (χ1v) is 7.94. The first kappa shape index (κ1) is 18.4. The molecule has 0 aliphatic carbocycles. The normalized spacial score (nSPS) is 12.8. The number of rotatable bonds is 6. The van der Waals surface area contributed by atoms with Gasteiger partial charge in [0.2, 0.25) is 0 Å². The van der Waals surface area contributed by atoms with Gasteiger partial charge in [0.15, 0.2) is 0 Å². The van der Waals surface area contributed by atoms with Gasteiger partial charge in [0.1, 0.15) is 11.7 Å². The lowest BCUT2D eigenvalue weighted by Gasteiger charge is -2.25. The number of aryl methyl sites for hydroxylation is 1. The highest BCUT2D eigenvalue weighted by Gasteiger charge is 2.35. The molecule has 5 heteroatoms. The number of Topliss-reactive ketones (excluding diaryl/α,β-unsaturated/α-hetero) is 1. The number of hydrogen-bond acceptors (Lipinski definition) is 4. The van der Waals surface area contributed by atoms with Gasteiger partial charge in [-0.25, -0.2) is 0 Å². The first-order valence-electron chi connectivity index (χ1n) is 7.94. The second-order valence-corrected chi connectivity index (χ2v) is 5.84. The number of ketones is 1. The van der Waals surface area contributed by atoms with Crippen LogP contribution in [0.3, 0.4) is 0 Å². The highest BCUT2D eigenvalue weighted by molar-refractivity contribution is 6.00. The number of nitrogens with one attached hydrogen (secondary N) is 1. The zero-order chi connectivity index (χ0) is 18.4. The van der Waals surface area contributed by atoms with Gasteiger partial charge in [0, 0.05) is 5.56 Å². The van der Waals surface area contributed by atoms with Crippen molar-refractivity contribution in [3.63, 3.8) is 0 Å². The molecule has 1 amide bonds. The van der Waals surface area contributed by atoms with Gasteiger partial charge in [-0.1, -0.05) is 48.0 Å². The van der Waals surface area contributed by atoms with Gasteiger partial charge in [-0.3, -0.25) is 14.4 Å². The zero-order valence-electron chi connectivity index (χ0n) is 14.5. The van der Waals surface area contributed by atoms with Crippen molar-refractivity contribution in [1.29, 1.82) is 0 Å². The summed E-state index contributed by atoms with van der Waals surface area (Å²) in [6.07, 6.45) is 0. The van der Waals surface area contributed by atoms with E-state index in [1.165, 1.54) is 14.0 Å². The first-order chi connectivity index (χ1) is 11.9. The summed E-state index contributed by atoms with van der Waals surface area (Å²) in [5, 5.41) is 2.81. The Labute approximate surface area is 147 Å². The molecule has 0 aromatic heterocycles. The number of esters is 1. The number of carbonyl (C=O) groups excluding carboxylic acids is 3. The van der Waals surface area contributed by atoms with Gasteiger partial charge in [0.05, 0.1) is 13.2 Å². The molecular formula is C20H21NO4. The smallest absolute Gasteiger partial charge is 0.318 e. The van der Waals surface area contributed by atoms with Crippen molar-refractivity contribution in [1.82, 2.24) is 5.32 Å². The number of benzene rings is 2. The number of ether oxygens (including phenoxy) is 1. The lowest BCUT2D eigenvalue weighted by atomic mass is 9.89. The van der Waals surface area contributed by atoms with E-state index in [9.17, 15) is 14.4 Å². The molecule has 2 aromatic carbocycles. The van der Waals surface area contributed by atoms with E-state index in [-0.39, 0.29) is 11.7 Å². The van der Waals surface area contributed by atoms with Crippen LogP contribution in [0.4, 0.5) is 0 Å². The van der Waals surface area contributed by atoms with E-state index in [1.54, 1.807) is 42.5 Å². The molecule has 25 heavy (non-hydrogen) atoms. The van der Waals surface area contributed by atoms with E-state index in [2.05, 4.69) is 5.32 Å². The summed E-state index contributed by atoms with van der Waals surface area (Å²) in [6.45, 7) is 3.25. The van der Waals surface area contributed by atoms with Crippen LogP contribution in [-0.2, 0) is 14.3 Å². The summed E-state index contributed by atoms with van der Waals surface area (Å²) in [6, 6.07) is 15.2. The topological polar surface area (TPSA) is 72.5 Å². The molecular weight excluding hydrogens is 318 g/mol. The summed E-state index contributed by atoms with van der Waals surface area (Å²) in [7, 11) is 1.23. The third-order valence-corrected chi connectivity index (χ3v) is 3.99. The summed E-state index contributed by atoms with van der Waals surface area (Å²) >= 11 is 0. The lowest BCUT2D eigenvalue weighted by molar-refractivity contribution is -0.150. The molecule has 2 unspecified atom stereocenters.